The summed E-state index contributed by atoms with van der Waals surface area (Å²) in [5, 5.41) is 8.54. The van der Waals surface area contributed by atoms with E-state index in [4.69, 9.17) is 29.1 Å². The molecule has 0 bridgehead atoms. The summed E-state index contributed by atoms with van der Waals surface area (Å²) in [6, 6.07) is 3.12. The number of hydrogen-bond acceptors (Lipinski definition) is 3. The summed E-state index contributed by atoms with van der Waals surface area (Å²) < 4.78 is 76.4. The van der Waals surface area contributed by atoms with Crippen molar-refractivity contribution >= 4 is 23.8 Å². The van der Waals surface area contributed by atoms with Crippen LogP contribution in [0.15, 0.2) is 24.5 Å². The Bertz CT molecular complexity index is 895. The van der Waals surface area contributed by atoms with Gasteiger partial charge in [0.05, 0.1) is 21.8 Å². The maximum absolute atomic E-state index is 12.7. The zero-order valence-corrected chi connectivity index (χ0v) is 12.8. The summed E-state index contributed by atoms with van der Waals surface area (Å²) in [5.41, 5.74) is -3.23. The van der Waals surface area contributed by atoms with Crippen molar-refractivity contribution in [3.8, 4) is 11.8 Å². The van der Waals surface area contributed by atoms with Gasteiger partial charge in [0.2, 0.25) is 0 Å². The number of rotatable bonds is 1. The topological polar surface area (TPSA) is 41.6 Å². The summed E-state index contributed by atoms with van der Waals surface area (Å²) in [6.45, 7) is 0. The number of nitrogens with zero attached hydrogens (tertiary/aromatic N) is 3. The molecule has 0 N–H and O–H groups in total. The molecule has 1 heterocycles. The number of halogens is 7. The SMILES string of the molecule is N#Cc1cc(C(F)(F)F)cc(Cl)c1-n1cnc(C(F)(F)F)cc1=S. The second-order valence-electron chi connectivity index (χ2n) is 4.44. The van der Waals surface area contributed by atoms with Crippen LogP contribution in [0.25, 0.3) is 5.69 Å². The van der Waals surface area contributed by atoms with Crippen LogP contribution in [-0.2, 0) is 12.4 Å². The zero-order chi connectivity index (χ0) is 18.3. The highest BCUT2D eigenvalue weighted by atomic mass is 35.5. The van der Waals surface area contributed by atoms with Crippen molar-refractivity contribution < 1.29 is 26.3 Å². The minimum atomic E-state index is -4.74. The maximum Gasteiger partial charge on any atom is 0.433 e. The lowest BCUT2D eigenvalue weighted by Gasteiger charge is -2.15. The number of hydrogen-bond donors (Lipinski definition) is 0. The van der Waals surface area contributed by atoms with E-state index in [2.05, 4.69) is 4.98 Å². The van der Waals surface area contributed by atoms with Gasteiger partial charge in [0.15, 0.2) is 0 Å². The summed E-state index contributed by atoms with van der Waals surface area (Å²) in [5.74, 6) is 0. The molecule has 11 heteroatoms. The van der Waals surface area contributed by atoms with Crippen LogP contribution in [-0.4, -0.2) is 9.55 Å². The van der Waals surface area contributed by atoms with E-state index in [0.29, 0.717) is 24.5 Å². The fraction of sp³-hybridized carbons (Fsp3) is 0.154. The van der Waals surface area contributed by atoms with Crippen LogP contribution < -0.4 is 0 Å². The van der Waals surface area contributed by atoms with Gasteiger partial charge in [-0.15, -0.1) is 0 Å². The van der Waals surface area contributed by atoms with Crippen molar-refractivity contribution in [2.24, 2.45) is 0 Å². The molecule has 0 unspecified atom stereocenters. The van der Waals surface area contributed by atoms with Crippen LogP contribution in [0.2, 0.25) is 5.02 Å². The van der Waals surface area contributed by atoms with Gasteiger partial charge in [0.1, 0.15) is 22.7 Å². The van der Waals surface area contributed by atoms with E-state index in [9.17, 15) is 26.3 Å². The van der Waals surface area contributed by atoms with Gasteiger partial charge in [-0.3, -0.25) is 4.57 Å². The average molecular weight is 384 g/mol. The number of aromatic nitrogens is 2. The fourth-order valence-corrected chi connectivity index (χ4v) is 2.38. The standard InChI is InChI=1S/C13H4ClF6N3S/c14-8-2-7(12(15,16)17)1-6(4-21)11(8)23-5-22-9(3-10(23)24)13(18,19)20/h1-3,5H. The first-order valence-corrected chi connectivity index (χ1v) is 6.71. The molecule has 126 valence electrons. The Kier molecular flexibility index (Phi) is 4.61. The molecule has 0 saturated carbocycles. The minimum Gasteiger partial charge on any atom is -0.289 e. The molecule has 2 rings (SSSR count). The van der Waals surface area contributed by atoms with E-state index >= 15 is 0 Å². The van der Waals surface area contributed by atoms with Crippen molar-refractivity contribution in [1.82, 2.24) is 9.55 Å². The molecular formula is C13H4ClF6N3S. The van der Waals surface area contributed by atoms with Crippen molar-refractivity contribution in [2.45, 2.75) is 12.4 Å². The highest BCUT2D eigenvalue weighted by Gasteiger charge is 2.34. The molecule has 0 fully saturated rings. The lowest BCUT2D eigenvalue weighted by molar-refractivity contribution is -0.141. The predicted molar refractivity (Wildman–Crippen MR) is 74.1 cm³/mol. The minimum absolute atomic E-state index is 0.279. The first kappa shape index (κ1) is 18.2. The van der Waals surface area contributed by atoms with Crippen LogP contribution in [0.1, 0.15) is 16.8 Å². The second kappa shape index (κ2) is 6.07. The fourth-order valence-electron chi connectivity index (χ4n) is 1.82. The molecule has 0 saturated heterocycles. The van der Waals surface area contributed by atoms with Gasteiger partial charge in [0.25, 0.3) is 0 Å². The van der Waals surface area contributed by atoms with Crippen LogP contribution >= 0.6 is 23.8 Å². The molecule has 0 atom stereocenters. The Labute approximate surface area is 140 Å². The average Bonchev–Trinajstić information content (AvgIpc) is 2.45. The van der Waals surface area contributed by atoms with E-state index in [1.54, 1.807) is 0 Å². The van der Waals surface area contributed by atoms with Crippen molar-refractivity contribution in [1.29, 1.82) is 5.26 Å². The molecular weight excluding hydrogens is 380 g/mol. The lowest BCUT2D eigenvalue weighted by atomic mass is 10.1. The normalized spacial score (nSPS) is 12.1. The van der Waals surface area contributed by atoms with Gasteiger partial charge in [-0.2, -0.15) is 31.6 Å². The lowest BCUT2D eigenvalue weighted by Crippen LogP contribution is -2.12. The van der Waals surface area contributed by atoms with Crippen molar-refractivity contribution in [2.75, 3.05) is 0 Å². The third-order valence-corrected chi connectivity index (χ3v) is 3.46. The molecule has 3 nitrogen and oxygen atoms in total. The number of benzene rings is 1. The first-order valence-electron chi connectivity index (χ1n) is 5.92. The van der Waals surface area contributed by atoms with Gasteiger partial charge in [-0.1, -0.05) is 23.8 Å². The van der Waals surface area contributed by atoms with E-state index in [-0.39, 0.29) is 5.69 Å². The maximum atomic E-state index is 12.7. The van der Waals surface area contributed by atoms with E-state index in [1.165, 1.54) is 6.07 Å². The van der Waals surface area contributed by atoms with Crippen LogP contribution in [0.3, 0.4) is 0 Å². The predicted octanol–water partition coefficient (Wildman–Crippen LogP) is 5.16. The highest BCUT2D eigenvalue weighted by Crippen LogP contribution is 2.36. The van der Waals surface area contributed by atoms with Gasteiger partial charge in [-0.05, 0) is 12.1 Å². The van der Waals surface area contributed by atoms with E-state index < -0.39 is 38.8 Å². The summed E-state index contributed by atoms with van der Waals surface area (Å²) in [4.78, 5) is 3.16. The number of alkyl halides is 6. The van der Waals surface area contributed by atoms with Gasteiger partial charge in [0, 0.05) is 6.07 Å². The highest BCUT2D eigenvalue weighted by molar-refractivity contribution is 7.71. The molecule has 0 aliphatic heterocycles. The largest absolute Gasteiger partial charge is 0.433 e. The van der Waals surface area contributed by atoms with Gasteiger partial charge < -0.3 is 0 Å². The Morgan fingerprint density at radius 2 is 1.71 bits per heavy atom. The smallest absolute Gasteiger partial charge is 0.289 e. The Morgan fingerprint density at radius 3 is 2.17 bits per heavy atom. The summed E-state index contributed by atoms with van der Waals surface area (Å²) in [7, 11) is 0. The van der Waals surface area contributed by atoms with Crippen LogP contribution in [0, 0.1) is 16.0 Å². The molecule has 0 aliphatic carbocycles. The number of nitriles is 1. The van der Waals surface area contributed by atoms with E-state index in [0.717, 1.165) is 4.57 Å². The summed E-state index contributed by atoms with van der Waals surface area (Å²) in [6.07, 6.45) is -8.83. The van der Waals surface area contributed by atoms with Crippen molar-refractivity contribution in [3.05, 3.63) is 51.0 Å². The quantitative estimate of drug-likeness (QED) is 0.504. The van der Waals surface area contributed by atoms with Crippen molar-refractivity contribution in [3.63, 3.8) is 0 Å². The first-order chi connectivity index (χ1) is 10.9. The van der Waals surface area contributed by atoms with Gasteiger partial charge >= 0.3 is 12.4 Å². The molecule has 0 spiro atoms. The van der Waals surface area contributed by atoms with Crippen LogP contribution in [0.5, 0.6) is 0 Å². The Morgan fingerprint density at radius 1 is 1.08 bits per heavy atom. The van der Waals surface area contributed by atoms with E-state index in [1.807, 2.05) is 0 Å². The molecule has 24 heavy (non-hydrogen) atoms. The third-order valence-electron chi connectivity index (χ3n) is 2.85. The Hall–Kier alpha value is -2.12. The second-order valence-corrected chi connectivity index (χ2v) is 5.27. The third kappa shape index (κ3) is 3.52. The molecule has 0 radical (unpaired) electrons. The summed E-state index contributed by atoms with van der Waals surface area (Å²) >= 11 is 10.6. The molecule has 1 aromatic heterocycles. The Balaban J connectivity index is 2.70. The van der Waals surface area contributed by atoms with Crippen LogP contribution in [0.4, 0.5) is 26.3 Å². The zero-order valence-electron chi connectivity index (χ0n) is 11.2. The van der Waals surface area contributed by atoms with Gasteiger partial charge in [-0.25, -0.2) is 4.98 Å². The molecule has 0 aliphatic rings. The molecule has 1 aromatic carbocycles. The molecule has 0 amide bonds. The molecule has 2 aromatic rings. The monoisotopic (exact) mass is 383 g/mol.